The smallest absolute Gasteiger partial charge is 0.121 e. The largest absolute Gasteiger partial charge is 0.508 e. The molecule has 0 saturated carbocycles. The lowest BCUT2D eigenvalue weighted by Gasteiger charge is -2.14. The molecule has 6 aromatic carbocycles. The van der Waals surface area contributed by atoms with Crippen molar-refractivity contribution in [3.05, 3.63) is 144 Å². The molecule has 0 amide bonds. The maximum absolute atomic E-state index is 10.2. The molecule has 0 bridgehead atoms. The molecule has 6 rings (SSSR count). The van der Waals surface area contributed by atoms with E-state index in [1.807, 2.05) is 63.2 Å². The number of hydrogen-bond acceptors (Lipinski definition) is 4. The summed E-state index contributed by atoms with van der Waals surface area (Å²) in [5, 5.41) is 38.9. The van der Waals surface area contributed by atoms with Crippen LogP contribution in [0, 0.1) is 20.8 Å². The van der Waals surface area contributed by atoms with E-state index in [0.717, 1.165) is 66.8 Å². The molecule has 4 nitrogen and oxygen atoms in total. The van der Waals surface area contributed by atoms with Gasteiger partial charge in [-0.1, -0.05) is 86.6 Å². The molecule has 0 aromatic heterocycles. The van der Waals surface area contributed by atoms with E-state index in [2.05, 4.69) is 68.4 Å². The van der Waals surface area contributed by atoms with Crippen LogP contribution in [-0.2, 0) is 0 Å². The zero-order chi connectivity index (χ0) is 33.0. The zero-order valence-corrected chi connectivity index (χ0v) is 26.9. The van der Waals surface area contributed by atoms with E-state index < -0.39 is 0 Å². The topological polar surface area (TPSA) is 80.9 Å². The Balaban J connectivity index is 0.000000182. The summed E-state index contributed by atoms with van der Waals surface area (Å²) in [5.74, 6) is 1.59. The van der Waals surface area contributed by atoms with Crippen LogP contribution < -0.4 is 0 Å². The van der Waals surface area contributed by atoms with E-state index in [0.29, 0.717) is 11.5 Å². The summed E-state index contributed by atoms with van der Waals surface area (Å²) >= 11 is 0. The average molecular weight is 609 g/mol. The highest BCUT2D eigenvalue weighted by Crippen LogP contribution is 2.35. The van der Waals surface area contributed by atoms with Crippen molar-refractivity contribution >= 4 is 0 Å². The van der Waals surface area contributed by atoms with Gasteiger partial charge in [0.1, 0.15) is 23.0 Å². The first-order valence-corrected chi connectivity index (χ1v) is 15.4. The fourth-order valence-electron chi connectivity index (χ4n) is 5.55. The van der Waals surface area contributed by atoms with Gasteiger partial charge in [-0.05, 0) is 142 Å². The van der Waals surface area contributed by atoms with Crippen LogP contribution in [0.15, 0.2) is 121 Å². The van der Waals surface area contributed by atoms with Gasteiger partial charge in [0.15, 0.2) is 0 Å². The predicted octanol–water partition coefficient (Wildman–Crippen LogP) is 10.9. The third kappa shape index (κ3) is 7.24. The fourth-order valence-corrected chi connectivity index (χ4v) is 5.55. The van der Waals surface area contributed by atoms with Crippen LogP contribution in [-0.4, -0.2) is 20.4 Å². The zero-order valence-electron chi connectivity index (χ0n) is 26.9. The van der Waals surface area contributed by atoms with Crippen molar-refractivity contribution in [2.45, 2.75) is 40.5 Å². The molecule has 232 valence electrons. The summed E-state index contributed by atoms with van der Waals surface area (Å²) in [6, 6.07) is 39.1. The molecule has 0 radical (unpaired) electrons. The van der Waals surface area contributed by atoms with Gasteiger partial charge in [0.05, 0.1) is 0 Å². The Morgan fingerprint density at radius 1 is 0.348 bits per heavy atom. The highest BCUT2D eigenvalue weighted by atomic mass is 16.3. The van der Waals surface area contributed by atoms with Crippen LogP contribution >= 0.6 is 0 Å². The number of phenols is 4. The van der Waals surface area contributed by atoms with Gasteiger partial charge < -0.3 is 20.4 Å². The van der Waals surface area contributed by atoms with Gasteiger partial charge >= 0.3 is 0 Å². The lowest BCUT2D eigenvalue weighted by molar-refractivity contribution is 0.460. The average Bonchev–Trinajstić information content (AvgIpc) is 3.06. The van der Waals surface area contributed by atoms with E-state index in [1.54, 1.807) is 24.3 Å². The van der Waals surface area contributed by atoms with E-state index in [-0.39, 0.29) is 17.4 Å². The molecule has 0 spiro atoms. The maximum atomic E-state index is 10.2. The van der Waals surface area contributed by atoms with Gasteiger partial charge in [0.25, 0.3) is 0 Å². The van der Waals surface area contributed by atoms with Gasteiger partial charge in [-0.3, -0.25) is 0 Å². The van der Waals surface area contributed by atoms with Crippen LogP contribution in [0.4, 0.5) is 0 Å². The van der Waals surface area contributed by atoms with Crippen LogP contribution in [0.25, 0.3) is 44.5 Å². The third-order valence-electron chi connectivity index (χ3n) is 8.28. The maximum Gasteiger partial charge on any atom is 0.121 e. The summed E-state index contributed by atoms with van der Waals surface area (Å²) in [6.07, 6.45) is 0. The van der Waals surface area contributed by atoms with Gasteiger partial charge in [0.2, 0.25) is 0 Å². The molecule has 0 aliphatic heterocycles. The molecule has 0 atom stereocenters. The Morgan fingerprint density at radius 2 is 0.609 bits per heavy atom. The van der Waals surface area contributed by atoms with Crippen molar-refractivity contribution in [2.75, 3.05) is 0 Å². The molecule has 4 heteroatoms. The van der Waals surface area contributed by atoms with E-state index in [9.17, 15) is 20.4 Å². The van der Waals surface area contributed by atoms with Crippen molar-refractivity contribution in [3.8, 4) is 67.5 Å². The lowest BCUT2D eigenvalue weighted by Crippen LogP contribution is -1.92. The van der Waals surface area contributed by atoms with Crippen molar-refractivity contribution in [1.82, 2.24) is 0 Å². The molecule has 0 fully saturated rings. The highest BCUT2D eigenvalue weighted by molar-refractivity contribution is 5.74. The number of rotatable bonds is 5. The Bertz CT molecular complexity index is 1910. The number of benzene rings is 6. The Kier molecular flexibility index (Phi) is 9.48. The standard InChI is InChI=1S/C22H22O2.C20H18O2/c1-14(2)21-13-19(12-15(3)22(21)24)18-6-4-16(5-7-18)17-8-10-20(23)11-9-17;1-13-11-18(12-14(2)20(13)22)17-5-3-15(4-6-17)16-7-9-19(21)10-8-16/h4-14,23-24H,1-3H3;3-12,21-22H,1-2H3. The van der Waals surface area contributed by atoms with Gasteiger partial charge in [-0.25, -0.2) is 0 Å². The van der Waals surface area contributed by atoms with Crippen molar-refractivity contribution in [1.29, 1.82) is 0 Å². The Morgan fingerprint density at radius 3 is 0.935 bits per heavy atom. The van der Waals surface area contributed by atoms with E-state index in [1.165, 1.54) is 0 Å². The van der Waals surface area contributed by atoms with Gasteiger partial charge in [0, 0.05) is 0 Å². The van der Waals surface area contributed by atoms with Gasteiger partial charge in [-0.2, -0.15) is 0 Å². The predicted molar refractivity (Wildman–Crippen MR) is 190 cm³/mol. The summed E-state index contributed by atoms with van der Waals surface area (Å²) in [4.78, 5) is 0. The first kappa shape index (κ1) is 31.9. The quantitative estimate of drug-likeness (QED) is 0.157. The summed E-state index contributed by atoms with van der Waals surface area (Å²) < 4.78 is 0. The first-order chi connectivity index (χ1) is 22.0. The summed E-state index contributed by atoms with van der Waals surface area (Å²) in [5.41, 5.74) is 12.5. The molecule has 0 saturated heterocycles. The number of aromatic hydroxyl groups is 4. The minimum Gasteiger partial charge on any atom is -0.508 e. The Labute approximate surface area is 271 Å². The SMILES string of the molecule is Cc1cc(-c2ccc(-c3ccc(O)cc3)cc2)cc(C(C)C)c1O.Cc1cc(-c2ccc(-c3ccc(O)cc3)cc2)cc(C)c1O. The number of phenolic OH excluding ortho intramolecular Hbond substituents is 4. The molecule has 0 aliphatic carbocycles. The van der Waals surface area contributed by atoms with Gasteiger partial charge in [-0.15, -0.1) is 0 Å². The summed E-state index contributed by atoms with van der Waals surface area (Å²) in [6.45, 7) is 9.95. The van der Waals surface area contributed by atoms with Crippen molar-refractivity contribution in [3.63, 3.8) is 0 Å². The fraction of sp³-hybridized carbons (Fsp3) is 0.143. The molecule has 0 aliphatic rings. The molecular formula is C42H40O4. The second-order valence-electron chi connectivity index (χ2n) is 12.1. The summed E-state index contributed by atoms with van der Waals surface area (Å²) in [7, 11) is 0. The van der Waals surface area contributed by atoms with Crippen LogP contribution in [0.1, 0.15) is 42.0 Å². The van der Waals surface area contributed by atoms with Crippen LogP contribution in [0.3, 0.4) is 0 Å². The molecular weight excluding hydrogens is 568 g/mol. The normalized spacial score (nSPS) is 10.8. The monoisotopic (exact) mass is 608 g/mol. The highest BCUT2D eigenvalue weighted by Gasteiger charge is 2.12. The van der Waals surface area contributed by atoms with Crippen LogP contribution in [0.2, 0.25) is 0 Å². The molecule has 46 heavy (non-hydrogen) atoms. The molecule has 6 aromatic rings. The minimum absolute atomic E-state index is 0.274. The van der Waals surface area contributed by atoms with Crippen LogP contribution in [0.5, 0.6) is 23.0 Å². The van der Waals surface area contributed by atoms with E-state index in [4.69, 9.17) is 0 Å². The lowest BCUT2D eigenvalue weighted by atomic mass is 9.93. The second-order valence-corrected chi connectivity index (χ2v) is 12.1. The van der Waals surface area contributed by atoms with E-state index >= 15 is 0 Å². The third-order valence-corrected chi connectivity index (χ3v) is 8.28. The first-order valence-electron chi connectivity index (χ1n) is 15.4. The van der Waals surface area contributed by atoms with Crippen molar-refractivity contribution < 1.29 is 20.4 Å². The molecule has 0 unspecified atom stereocenters. The van der Waals surface area contributed by atoms with Crippen molar-refractivity contribution in [2.24, 2.45) is 0 Å². The Hall–Kier alpha value is -5.48. The molecule has 0 heterocycles. The second kappa shape index (κ2) is 13.7. The minimum atomic E-state index is 0.274. The molecule has 4 N–H and O–H groups in total. The number of hydrogen-bond donors (Lipinski definition) is 4. The number of aryl methyl sites for hydroxylation is 3.